The lowest BCUT2D eigenvalue weighted by Gasteiger charge is -2.33. The van der Waals surface area contributed by atoms with Crippen molar-refractivity contribution in [3.63, 3.8) is 0 Å². The molecule has 2 aliphatic rings. The summed E-state index contributed by atoms with van der Waals surface area (Å²) in [6.45, 7) is 4.30. The fraction of sp³-hybridized carbons (Fsp3) is 0.462. The van der Waals surface area contributed by atoms with E-state index in [9.17, 15) is 14.0 Å². The second kappa shape index (κ2) is 10.9. The molecule has 2 aromatic carbocycles. The highest BCUT2D eigenvalue weighted by Gasteiger charge is 2.31. The van der Waals surface area contributed by atoms with Crippen LogP contribution in [-0.4, -0.2) is 50.3 Å². The molecule has 0 atom stereocenters. The normalized spacial score (nSPS) is 16.8. The van der Waals surface area contributed by atoms with Gasteiger partial charge in [-0.15, -0.1) is 0 Å². The largest absolute Gasteiger partial charge is 0.497 e. The standard InChI is InChI=1S/C26H31FN2O5/c1-3-33-26(31)19-12-14-28(15-13-19)17-34-23-10-9-22(27)25-21(23)8-11-24(30)29(25)16-18-4-6-20(32-2)7-5-18/h4-7,9-10,19H,3,8,11-17H2,1-2H3. The summed E-state index contributed by atoms with van der Waals surface area (Å²) in [6, 6.07) is 10.4. The molecule has 0 aliphatic carbocycles. The predicted molar refractivity (Wildman–Crippen MR) is 125 cm³/mol. The summed E-state index contributed by atoms with van der Waals surface area (Å²) in [5.41, 5.74) is 1.90. The van der Waals surface area contributed by atoms with Gasteiger partial charge in [-0.1, -0.05) is 12.1 Å². The third-order valence-electron chi connectivity index (χ3n) is 6.46. The third-order valence-corrected chi connectivity index (χ3v) is 6.46. The molecule has 8 heteroatoms. The van der Waals surface area contributed by atoms with Crippen molar-refractivity contribution in [2.75, 3.05) is 38.4 Å². The van der Waals surface area contributed by atoms with Crippen LogP contribution in [0.2, 0.25) is 0 Å². The zero-order valence-corrected chi connectivity index (χ0v) is 19.7. The van der Waals surface area contributed by atoms with Crippen LogP contribution >= 0.6 is 0 Å². The number of rotatable bonds is 8. The Morgan fingerprint density at radius 2 is 1.82 bits per heavy atom. The zero-order chi connectivity index (χ0) is 24.1. The molecule has 1 fully saturated rings. The molecule has 0 aromatic heterocycles. The maximum Gasteiger partial charge on any atom is 0.309 e. The maximum atomic E-state index is 14.9. The van der Waals surface area contributed by atoms with E-state index in [1.807, 2.05) is 31.2 Å². The molecule has 4 rings (SSSR count). The maximum absolute atomic E-state index is 14.9. The van der Waals surface area contributed by atoms with E-state index in [1.165, 1.54) is 11.0 Å². The number of esters is 1. The second-order valence-electron chi connectivity index (χ2n) is 8.62. The fourth-order valence-corrected chi connectivity index (χ4v) is 4.55. The summed E-state index contributed by atoms with van der Waals surface area (Å²) in [4.78, 5) is 28.3. The Balaban J connectivity index is 1.44. The van der Waals surface area contributed by atoms with Crippen LogP contribution in [0.4, 0.5) is 10.1 Å². The number of likely N-dealkylation sites (tertiary alicyclic amines) is 1. The van der Waals surface area contributed by atoms with Crippen LogP contribution in [0.5, 0.6) is 11.5 Å². The van der Waals surface area contributed by atoms with Crippen LogP contribution < -0.4 is 14.4 Å². The van der Waals surface area contributed by atoms with Gasteiger partial charge in [-0.2, -0.15) is 0 Å². The molecule has 1 amide bonds. The van der Waals surface area contributed by atoms with Crippen molar-refractivity contribution >= 4 is 17.6 Å². The molecule has 2 aliphatic heterocycles. The molecule has 34 heavy (non-hydrogen) atoms. The van der Waals surface area contributed by atoms with Crippen LogP contribution in [0.3, 0.4) is 0 Å². The minimum Gasteiger partial charge on any atom is -0.497 e. The monoisotopic (exact) mass is 470 g/mol. The highest BCUT2D eigenvalue weighted by Crippen LogP contribution is 2.38. The summed E-state index contributed by atoms with van der Waals surface area (Å²) in [6.07, 6.45) is 2.20. The van der Waals surface area contributed by atoms with Gasteiger partial charge >= 0.3 is 5.97 Å². The van der Waals surface area contributed by atoms with Crippen molar-refractivity contribution in [3.05, 3.63) is 53.3 Å². The van der Waals surface area contributed by atoms with E-state index in [4.69, 9.17) is 14.2 Å². The van der Waals surface area contributed by atoms with Gasteiger partial charge < -0.3 is 19.1 Å². The minimum absolute atomic E-state index is 0.0627. The number of benzene rings is 2. The zero-order valence-electron chi connectivity index (χ0n) is 19.7. The molecule has 0 N–H and O–H groups in total. The first-order valence-corrected chi connectivity index (χ1v) is 11.8. The SMILES string of the molecule is CCOC(=O)C1CCN(COc2ccc(F)c3c2CCC(=O)N3Cc2ccc(OC)cc2)CC1. The summed E-state index contributed by atoms with van der Waals surface area (Å²) >= 11 is 0. The first-order chi connectivity index (χ1) is 16.5. The summed E-state index contributed by atoms with van der Waals surface area (Å²) in [5, 5.41) is 0. The predicted octanol–water partition coefficient (Wildman–Crippen LogP) is 3.93. The lowest BCUT2D eigenvalue weighted by Crippen LogP contribution is -2.39. The Hall–Kier alpha value is -3.13. The van der Waals surface area contributed by atoms with Crippen LogP contribution in [0.15, 0.2) is 36.4 Å². The lowest BCUT2D eigenvalue weighted by molar-refractivity contribution is -0.149. The molecule has 1 saturated heterocycles. The number of halogens is 1. The Morgan fingerprint density at radius 1 is 1.09 bits per heavy atom. The Kier molecular flexibility index (Phi) is 7.67. The van der Waals surface area contributed by atoms with Gasteiger partial charge in [0.1, 0.15) is 24.0 Å². The molecule has 0 saturated carbocycles. The molecule has 0 unspecified atom stereocenters. The van der Waals surface area contributed by atoms with E-state index in [0.29, 0.717) is 37.6 Å². The van der Waals surface area contributed by atoms with Crippen LogP contribution in [0.1, 0.15) is 37.3 Å². The molecule has 2 aromatic rings. The van der Waals surface area contributed by atoms with Crippen LogP contribution in [-0.2, 0) is 27.3 Å². The number of amides is 1. The van der Waals surface area contributed by atoms with Gasteiger partial charge in [0.05, 0.1) is 31.9 Å². The molecular formula is C26H31FN2O5. The molecular weight excluding hydrogens is 439 g/mol. The Labute approximate surface area is 199 Å². The molecule has 0 spiro atoms. The van der Waals surface area contributed by atoms with Gasteiger partial charge in [0.15, 0.2) is 0 Å². The average molecular weight is 471 g/mol. The molecule has 0 radical (unpaired) electrons. The minimum atomic E-state index is -0.431. The van der Waals surface area contributed by atoms with Crippen molar-refractivity contribution in [1.82, 2.24) is 4.90 Å². The second-order valence-corrected chi connectivity index (χ2v) is 8.62. The van der Waals surface area contributed by atoms with E-state index in [1.54, 1.807) is 13.2 Å². The van der Waals surface area contributed by atoms with E-state index in [2.05, 4.69) is 4.90 Å². The van der Waals surface area contributed by atoms with Gasteiger partial charge in [-0.3, -0.25) is 14.5 Å². The van der Waals surface area contributed by atoms with Crippen molar-refractivity contribution < 1.29 is 28.2 Å². The van der Waals surface area contributed by atoms with Crippen molar-refractivity contribution in [1.29, 1.82) is 0 Å². The van der Waals surface area contributed by atoms with Gasteiger partial charge in [-0.25, -0.2) is 4.39 Å². The highest BCUT2D eigenvalue weighted by molar-refractivity contribution is 5.97. The number of ether oxygens (including phenoxy) is 3. The summed E-state index contributed by atoms with van der Waals surface area (Å²) < 4.78 is 31.4. The Bertz CT molecular complexity index is 1020. The number of methoxy groups -OCH3 is 1. The first kappa shape index (κ1) is 24.0. The van der Waals surface area contributed by atoms with Gasteiger partial charge in [-0.05, 0) is 56.0 Å². The van der Waals surface area contributed by atoms with E-state index in [-0.39, 0.29) is 24.3 Å². The Morgan fingerprint density at radius 3 is 2.50 bits per heavy atom. The summed E-state index contributed by atoms with van der Waals surface area (Å²) in [5.74, 6) is 0.586. The quantitative estimate of drug-likeness (QED) is 0.545. The lowest BCUT2D eigenvalue weighted by atomic mass is 9.97. The number of hydrogen-bond donors (Lipinski definition) is 0. The summed E-state index contributed by atoms with van der Waals surface area (Å²) in [7, 11) is 1.60. The fourth-order valence-electron chi connectivity index (χ4n) is 4.55. The van der Waals surface area contributed by atoms with E-state index >= 15 is 0 Å². The number of nitrogens with zero attached hydrogens (tertiary/aromatic N) is 2. The number of carbonyl (C=O) groups is 2. The number of hydrogen-bond acceptors (Lipinski definition) is 6. The average Bonchev–Trinajstić information content (AvgIpc) is 2.86. The van der Waals surface area contributed by atoms with Crippen molar-refractivity contribution in [2.45, 2.75) is 39.2 Å². The van der Waals surface area contributed by atoms with Crippen LogP contribution in [0.25, 0.3) is 0 Å². The third kappa shape index (κ3) is 5.33. The number of anilines is 1. The molecule has 2 heterocycles. The van der Waals surface area contributed by atoms with Crippen molar-refractivity contribution in [3.8, 4) is 11.5 Å². The first-order valence-electron chi connectivity index (χ1n) is 11.8. The van der Waals surface area contributed by atoms with Gasteiger partial charge in [0, 0.05) is 25.1 Å². The van der Waals surface area contributed by atoms with Crippen molar-refractivity contribution in [2.24, 2.45) is 5.92 Å². The van der Waals surface area contributed by atoms with E-state index < -0.39 is 5.82 Å². The molecule has 0 bridgehead atoms. The molecule has 7 nitrogen and oxygen atoms in total. The highest BCUT2D eigenvalue weighted by atomic mass is 19.1. The smallest absolute Gasteiger partial charge is 0.309 e. The molecule has 182 valence electrons. The van der Waals surface area contributed by atoms with E-state index in [0.717, 1.165) is 42.8 Å². The van der Waals surface area contributed by atoms with Gasteiger partial charge in [0.25, 0.3) is 0 Å². The topological polar surface area (TPSA) is 68.3 Å². The van der Waals surface area contributed by atoms with Gasteiger partial charge in [0.2, 0.25) is 5.91 Å². The number of carbonyl (C=O) groups excluding carboxylic acids is 2. The van der Waals surface area contributed by atoms with Crippen LogP contribution in [0, 0.1) is 11.7 Å². The number of piperidine rings is 1. The number of fused-ring (bicyclic) bond motifs is 1.